The summed E-state index contributed by atoms with van der Waals surface area (Å²) in [6.07, 6.45) is 14.1. The van der Waals surface area contributed by atoms with Gasteiger partial charge in [0, 0.05) is 30.9 Å². The van der Waals surface area contributed by atoms with Gasteiger partial charge in [-0.15, -0.1) is 6.42 Å². The second kappa shape index (κ2) is 20.5. The van der Waals surface area contributed by atoms with Crippen molar-refractivity contribution in [3.8, 4) is 59.3 Å². The molecule has 2 fully saturated rings. The van der Waals surface area contributed by atoms with Gasteiger partial charge in [0.15, 0.2) is 11.5 Å². The van der Waals surface area contributed by atoms with E-state index in [4.69, 9.17) is 27.5 Å². The summed E-state index contributed by atoms with van der Waals surface area (Å²) in [6.45, 7) is 21.9. The standard InChI is InChI=1S/C46H54N6O4/c1-8-10-12-14-16-18-20-36(21-19-17-15-13-11-9-2)45(53)48-38-30-37(23-22-33(38)4)43-49-44-40(46(54)56-42-34(5)28-32(3)29-35(42)6)41(47-7)39(52(44)50-43)31-51-24-26-55-27-25-51/h1,22-23,30,32,34-36,42H,9,11,13,15,17,19,21,24-29,31H2,2-6H3,(H,48,53)(H,49,50). The van der Waals surface area contributed by atoms with Gasteiger partial charge < -0.3 is 14.8 Å². The average Bonchev–Trinajstić information content (AvgIpc) is 3.73. The number of aryl methyl sites for hydroxylation is 1. The summed E-state index contributed by atoms with van der Waals surface area (Å²) in [5.74, 6) is 18.5. The number of anilines is 1. The van der Waals surface area contributed by atoms with Crippen molar-refractivity contribution in [2.75, 3.05) is 31.6 Å². The Kier molecular flexibility index (Phi) is 15.2. The number of fused-ring (bicyclic) bond motifs is 1. The van der Waals surface area contributed by atoms with Crippen molar-refractivity contribution in [1.29, 1.82) is 0 Å². The van der Waals surface area contributed by atoms with Gasteiger partial charge in [0.2, 0.25) is 11.6 Å². The van der Waals surface area contributed by atoms with Crippen LogP contribution in [0, 0.1) is 85.0 Å². The molecule has 0 radical (unpaired) electrons. The van der Waals surface area contributed by atoms with E-state index in [2.05, 4.69) is 89.3 Å². The summed E-state index contributed by atoms with van der Waals surface area (Å²) in [6, 6.07) is 5.72. The minimum atomic E-state index is -0.567. The number of rotatable bonds is 14. The molecule has 5 rings (SSSR count). The van der Waals surface area contributed by atoms with Gasteiger partial charge in [-0.3, -0.25) is 19.3 Å². The van der Waals surface area contributed by atoms with Crippen LogP contribution in [0.3, 0.4) is 0 Å². The molecule has 1 aromatic carbocycles. The minimum Gasteiger partial charge on any atom is -0.459 e. The molecule has 1 saturated heterocycles. The summed E-state index contributed by atoms with van der Waals surface area (Å²) in [4.78, 5) is 39.0. The molecule has 0 spiro atoms. The number of morpholine rings is 1. The smallest absolute Gasteiger partial charge is 0.331 e. The molecule has 3 aromatic rings. The lowest BCUT2D eigenvalue weighted by Gasteiger charge is -2.37. The second-order valence-electron chi connectivity index (χ2n) is 15.3. The van der Waals surface area contributed by atoms with Gasteiger partial charge in [-0.05, 0) is 91.1 Å². The molecule has 292 valence electrons. The first-order valence-electron chi connectivity index (χ1n) is 20.0. The quantitative estimate of drug-likeness (QED) is 0.0745. The van der Waals surface area contributed by atoms with Gasteiger partial charge in [0.05, 0.1) is 25.5 Å². The predicted molar refractivity (Wildman–Crippen MR) is 220 cm³/mol. The Hall–Kier alpha value is -5.44. The van der Waals surface area contributed by atoms with E-state index in [1.807, 2.05) is 25.1 Å². The van der Waals surface area contributed by atoms with Gasteiger partial charge in [0.1, 0.15) is 17.6 Å². The zero-order valence-corrected chi connectivity index (χ0v) is 33.5. The molecular formula is C46H54N6O4. The van der Waals surface area contributed by atoms with Crippen LogP contribution in [-0.2, 0) is 20.8 Å². The number of nitrogens with zero attached hydrogens (tertiary/aromatic N) is 4. The van der Waals surface area contributed by atoms with Gasteiger partial charge >= 0.3 is 5.97 Å². The Morgan fingerprint density at radius 3 is 2.46 bits per heavy atom. The number of unbranched alkanes of at least 4 members (excludes halogenated alkanes) is 5. The van der Waals surface area contributed by atoms with Gasteiger partial charge in [-0.1, -0.05) is 84.3 Å². The molecule has 1 aliphatic heterocycles. The Morgan fingerprint density at radius 2 is 1.75 bits per heavy atom. The fourth-order valence-electron chi connectivity index (χ4n) is 8.00. The SMILES string of the molecule is [C-]#[N+]c1c(C(=O)OC2C(C)CC(C)CC2C)c2nc(-c3ccc(C)c(NC(=O)C(C#CC#CC#CC#C)CCCCCCCC)c3)[nH]n2c1CN1CCOCC1. The number of carbonyl (C=O) groups is 2. The summed E-state index contributed by atoms with van der Waals surface area (Å²) >= 11 is 0. The van der Waals surface area contributed by atoms with E-state index in [1.165, 1.54) is 19.3 Å². The van der Waals surface area contributed by atoms with Crippen LogP contribution >= 0.6 is 0 Å². The molecule has 3 atom stereocenters. The maximum absolute atomic E-state index is 14.1. The molecule has 10 nitrogen and oxygen atoms in total. The van der Waals surface area contributed by atoms with Gasteiger partial charge in [0.25, 0.3) is 0 Å². The van der Waals surface area contributed by atoms with Crippen LogP contribution in [0.1, 0.15) is 107 Å². The number of aromatic nitrogens is 3. The van der Waals surface area contributed by atoms with Crippen LogP contribution in [0.2, 0.25) is 0 Å². The highest BCUT2D eigenvalue weighted by Crippen LogP contribution is 2.38. The highest BCUT2D eigenvalue weighted by Gasteiger charge is 2.37. The molecule has 1 amide bonds. The van der Waals surface area contributed by atoms with Crippen LogP contribution in [0.5, 0.6) is 0 Å². The molecule has 0 bridgehead atoms. The van der Waals surface area contributed by atoms with Crippen LogP contribution in [-0.4, -0.2) is 63.8 Å². The Labute approximate surface area is 332 Å². The number of terminal acetylenes is 1. The lowest BCUT2D eigenvalue weighted by Crippen LogP contribution is -2.37. The van der Waals surface area contributed by atoms with Crippen molar-refractivity contribution in [2.24, 2.45) is 23.7 Å². The molecule has 56 heavy (non-hydrogen) atoms. The van der Waals surface area contributed by atoms with E-state index in [0.29, 0.717) is 73.6 Å². The van der Waals surface area contributed by atoms with Crippen LogP contribution in [0.25, 0.3) is 21.9 Å². The number of ether oxygens (including phenoxy) is 2. The third kappa shape index (κ3) is 10.6. The van der Waals surface area contributed by atoms with E-state index in [-0.39, 0.29) is 35.1 Å². The van der Waals surface area contributed by atoms with Crippen molar-refractivity contribution in [3.05, 3.63) is 46.4 Å². The van der Waals surface area contributed by atoms with Crippen LogP contribution in [0.4, 0.5) is 11.4 Å². The van der Waals surface area contributed by atoms with E-state index < -0.39 is 11.9 Å². The fraction of sp³-hybridized carbons (Fsp3) is 0.522. The molecule has 1 saturated carbocycles. The second-order valence-corrected chi connectivity index (χ2v) is 15.3. The third-order valence-electron chi connectivity index (χ3n) is 10.9. The molecule has 2 N–H and O–H groups in total. The van der Waals surface area contributed by atoms with Crippen LogP contribution < -0.4 is 5.32 Å². The number of aromatic amines is 1. The first kappa shape index (κ1) is 41.7. The predicted octanol–water partition coefficient (Wildman–Crippen LogP) is 8.20. The lowest BCUT2D eigenvalue weighted by molar-refractivity contribution is -0.118. The molecular weight excluding hydrogens is 701 g/mol. The molecule has 1 aliphatic carbocycles. The highest BCUT2D eigenvalue weighted by atomic mass is 16.5. The molecule has 3 heterocycles. The first-order chi connectivity index (χ1) is 27.1. The molecule has 2 aromatic heterocycles. The number of esters is 1. The van der Waals surface area contributed by atoms with Crippen molar-refractivity contribution in [3.63, 3.8) is 0 Å². The van der Waals surface area contributed by atoms with E-state index in [1.54, 1.807) is 4.52 Å². The fourth-order valence-corrected chi connectivity index (χ4v) is 8.00. The minimum absolute atomic E-state index is 0.175. The lowest BCUT2D eigenvalue weighted by atomic mass is 9.75. The zero-order valence-electron chi connectivity index (χ0n) is 33.5. The first-order valence-corrected chi connectivity index (χ1v) is 20.0. The van der Waals surface area contributed by atoms with Crippen LogP contribution in [0.15, 0.2) is 18.2 Å². The number of carbonyl (C=O) groups excluding carboxylic acids is 2. The van der Waals surface area contributed by atoms with Crippen molar-refractivity contribution < 1.29 is 19.1 Å². The number of benzene rings is 1. The molecule has 2 aliphatic rings. The van der Waals surface area contributed by atoms with E-state index in [9.17, 15) is 9.59 Å². The van der Waals surface area contributed by atoms with Gasteiger partial charge in [-0.25, -0.2) is 14.6 Å². The number of hydrogen-bond donors (Lipinski definition) is 2. The monoisotopic (exact) mass is 754 g/mol. The summed E-state index contributed by atoms with van der Waals surface area (Å²) in [5.41, 5.74) is 3.61. The van der Waals surface area contributed by atoms with E-state index >= 15 is 0 Å². The maximum atomic E-state index is 14.1. The third-order valence-corrected chi connectivity index (χ3v) is 10.9. The van der Waals surface area contributed by atoms with Crippen molar-refractivity contribution >= 4 is 28.9 Å². The zero-order chi connectivity index (χ0) is 40.0. The van der Waals surface area contributed by atoms with Gasteiger partial charge in [-0.2, -0.15) is 0 Å². The van der Waals surface area contributed by atoms with Crippen molar-refractivity contribution in [1.82, 2.24) is 19.5 Å². The summed E-state index contributed by atoms with van der Waals surface area (Å²) < 4.78 is 13.6. The number of nitrogens with one attached hydrogen (secondary N) is 2. The Balaban J connectivity index is 1.46. The summed E-state index contributed by atoms with van der Waals surface area (Å²) in [5, 5.41) is 6.51. The van der Waals surface area contributed by atoms with Crippen molar-refractivity contribution in [2.45, 2.75) is 105 Å². The summed E-state index contributed by atoms with van der Waals surface area (Å²) in [7, 11) is 0. The number of amides is 1. The number of hydrogen-bond acceptors (Lipinski definition) is 6. The maximum Gasteiger partial charge on any atom is 0.331 e. The Bertz CT molecular complexity index is 2130. The Morgan fingerprint density at radius 1 is 1.05 bits per heavy atom. The number of H-pyrrole nitrogens is 1. The van der Waals surface area contributed by atoms with E-state index in [0.717, 1.165) is 37.7 Å². The normalized spacial score (nSPS) is 19.8. The highest BCUT2D eigenvalue weighted by molar-refractivity contribution is 6.04. The topological polar surface area (TPSA) is 105 Å². The molecule has 3 unspecified atom stereocenters. The largest absolute Gasteiger partial charge is 0.459 e. The molecule has 10 heteroatoms. The average molecular weight is 755 g/mol.